The van der Waals surface area contributed by atoms with Gasteiger partial charge in [-0.2, -0.15) is 0 Å². The first-order chi connectivity index (χ1) is 9.20. The molecule has 5 heteroatoms. The monoisotopic (exact) mass is 264 g/mol. The maximum Gasteiger partial charge on any atom is 0.245 e. The highest BCUT2D eigenvalue weighted by molar-refractivity contribution is 5.90. The molecule has 0 aliphatic carbocycles. The Bertz CT molecular complexity index is 389. The molecule has 0 bridgehead atoms. The first-order valence-electron chi connectivity index (χ1n) is 6.80. The zero-order chi connectivity index (χ0) is 13.7. The van der Waals surface area contributed by atoms with E-state index in [1.54, 1.807) is 0 Å². The summed E-state index contributed by atoms with van der Waals surface area (Å²) in [6.45, 7) is 2.40. The summed E-state index contributed by atoms with van der Waals surface area (Å²) in [5.74, 6) is 2.82. The van der Waals surface area contributed by atoms with Crippen LogP contribution in [0.1, 0.15) is 25.7 Å². The Hall–Kier alpha value is -1.54. The van der Waals surface area contributed by atoms with E-state index in [9.17, 15) is 9.59 Å². The quantitative estimate of drug-likeness (QED) is 0.581. The predicted octanol–water partition coefficient (Wildman–Crippen LogP) is 0.153. The van der Waals surface area contributed by atoms with E-state index < -0.39 is 0 Å². The van der Waals surface area contributed by atoms with E-state index in [4.69, 9.17) is 11.2 Å². The van der Waals surface area contributed by atoms with Gasteiger partial charge in [0.25, 0.3) is 0 Å². The number of rotatable bonds is 4. The van der Waals surface area contributed by atoms with Crippen LogP contribution in [0.2, 0.25) is 0 Å². The highest BCUT2D eigenvalue weighted by Crippen LogP contribution is 2.19. The number of nitrogens with zero attached hydrogens (tertiary/aromatic N) is 1. The van der Waals surface area contributed by atoms with Crippen molar-refractivity contribution >= 4 is 11.8 Å². The van der Waals surface area contributed by atoms with Gasteiger partial charge >= 0.3 is 0 Å². The lowest BCUT2D eigenvalue weighted by Crippen LogP contribution is -2.49. The van der Waals surface area contributed by atoms with Crippen LogP contribution in [0.25, 0.3) is 0 Å². The Morgan fingerprint density at radius 1 is 1.53 bits per heavy atom. The summed E-state index contributed by atoms with van der Waals surface area (Å²) in [5, 5.41) is 2.73. The Morgan fingerprint density at radius 3 is 3.05 bits per heavy atom. The van der Waals surface area contributed by atoms with Gasteiger partial charge in [0.2, 0.25) is 11.8 Å². The second-order valence-electron chi connectivity index (χ2n) is 5.17. The molecule has 2 saturated heterocycles. The zero-order valence-corrected chi connectivity index (χ0v) is 11.1. The lowest BCUT2D eigenvalue weighted by atomic mass is 9.98. The lowest BCUT2D eigenvalue weighted by molar-refractivity contribution is -0.136. The lowest BCUT2D eigenvalue weighted by Gasteiger charge is -2.34. The molecular formula is C14H20N2O3. The third-order valence-electron chi connectivity index (χ3n) is 3.66. The Morgan fingerprint density at radius 2 is 2.37 bits per heavy atom. The molecule has 2 heterocycles. The first-order valence-corrected chi connectivity index (χ1v) is 6.80. The number of amides is 2. The number of likely N-dealkylation sites (tertiary alicyclic amines) is 1. The summed E-state index contributed by atoms with van der Waals surface area (Å²) < 4.78 is 5.35. The fourth-order valence-electron chi connectivity index (χ4n) is 2.71. The van der Waals surface area contributed by atoms with Gasteiger partial charge in [0.1, 0.15) is 12.6 Å². The van der Waals surface area contributed by atoms with E-state index in [0.717, 1.165) is 19.4 Å². The SMILES string of the molecule is C#CCOCC1CCCN(C(=O)C2CCC(=O)N2)C1. The highest BCUT2D eigenvalue weighted by atomic mass is 16.5. The van der Waals surface area contributed by atoms with Gasteiger partial charge in [-0.05, 0) is 25.2 Å². The maximum absolute atomic E-state index is 12.3. The number of piperidine rings is 1. The van der Waals surface area contributed by atoms with Crippen molar-refractivity contribution in [2.45, 2.75) is 31.7 Å². The standard InChI is InChI=1S/C14H20N2O3/c1-2-8-19-10-11-4-3-7-16(9-11)14(18)12-5-6-13(17)15-12/h1,11-12H,3-10H2,(H,15,17). The molecule has 0 saturated carbocycles. The molecule has 2 fully saturated rings. The van der Waals surface area contributed by atoms with E-state index >= 15 is 0 Å². The van der Waals surface area contributed by atoms with Crippen molar-refractivity contribution in [1.82, 2.24) is 10.2 Å². The second kappa shape index (κ2) is 6.58. The summed E-state index contributed by atoms with van der Waals surface area (Å²) >= 11 is 0. The summed E-state index contributed by atoms with van der Waals surface area (Å²) in [5.41, 5.74) is 0. The summed E-state index contributed by atoms with van der Waals surface area (Å²) in [6.07, 6.45) is 8.25. The van der Waals surface area contributed by atoms with Crippen molar-refractivity contribution in [3.63, 3.8) is 0 Å². The van der Waals surface area contributed by atoms with Crippen molar-refractivity contribution in [3.05, 3.63) is 0 Å². The van der Waals surface area contributed by atoms with E-state index in [1.165, 1.54) is 0 Å². The zero-order valence-electron chi connectivity index (χ0n) is 11.1. The van der Waals surface area contributed by atoms with Crippen LogP contribution in [-0.2, 0) is 14.3 Å². The molecule has 0 aromatic rings. The van der Waals surface area contributed by atoms with Gasteiger partial charge < -0.3 is 15.0 Å². The van der Waals surface area contributed by atoms with Gasteiger partial charge in [-0.25, -0.2) is 0 Å². The average Bonchev–Trinajstić information content (AvgIpc) is 2.85. The van der Waals surface area contributed by atoms with Crippen LogP contribution in [0, 0.1) is 18.3 Å². The summed E-state index contributed by atoms with van der Waals surface area (Å²) in [4.78, 5) is 25.3. The molecule has 2 amide bonds. The van der Waals surface area contributed by atoms with Crippen molar-refractivity contribution in [2.75, 3.05) is 26.3 Å². The topological polar surface area (TPSA) is 58.6 Å². The molecule has 2 unspecified atom stereocenters. The van der Waals surface area contributed by atoms with E-state index in [-0.39, 0.29) is 17.9 Å². The molecule has 5 nitrogen and oxygen atoms in total. The van der Waals surface area contributed by atoms with Crippen LogP contribution >= 0.6 is 0 Å². The van der Waals surface area contributed by atoms with E-state index in [1.807, 2.05) is 4.90 Å². The van der Waals surface area contributed by atoms with Crippen molar-refractivity contribution in [2.24, 2.45) is 5.92 Å². The minimum absolute atomic E-state index is 0.0238. The number of carbonyl (C=O) groups excluding carboxylic acids is 2. The van der Waals surface area contributed by atoms with Gasteiger partial charge in [-0.15, -0.1) is 6.42 Å². The molecule has 0 spiro atoms. The van der Waals surface area contributed by atoms with Crippen LogP contribution < -0.4 is 5.32 Å². The molecule has 2 rings (SSSR count). The van der Waals surface area contributed by atoms with E-state index in [0.29, 0.717) is 38.5 Å². The molecular weight excluding hydrogens is 244 g/mol. The van der Waals surface area contributed by atoms with Gasteiger partial charge in [0.05, 0.1) is 6.61 Å². The molecule has 1 N–H and O–H groups in total. The largest absolute Gasteiger partial charge is 0.368 e. The van der Waals surface area contributed by atoms with E-state index in [2.05, 4.69) is 11.2 Å². The Kier molecular flexibility index (Phi) is 4.80. The fourth-order valence-corrected chi connectivity index (χ4v) is 2.71. The van der Waals surface area contributed by atoms with Gasteiger partial charge in [-0.3, -0.25) is 9.59 Å². The summed E-state index contributed by atoms with van der Waals surface area (Å²) in [7, 11) is 0. The van der Waals surface area contributed by atoms with Crippen molar-refractivity contribution in [3.8, 4) is 12.3 Å². The van der Waals surface area contributed by atoms with Crippen molar-refractivity contribution < 1.29 is 14.3 Å². The molecule has 0 radical (unpaired) electrons. The first kappa shape index (κ1) is 13.9. The number of nitrogens with one attached hydrogen (secondary N) is 1. The Balaban J connectivity index is 1.81. The maximum atomic E-state index is 12.3. The average molecular weight is 264 g/mol. The third kappa shape index (κ3) is 3.71. The van der Waals surface area contributed by atoms with Gasteiger partial charge in [0.15, 0.2) is 0 Å². The number of ether oxygens (including phenoxy) is 1. The number of terminal acetylenes is 1. The second-order valence-corrected chi connectivity index (χ2v) is 5.17. The van der Waals surface area contributed by atoms with Gasteiger partial charge in [-0.1, -0.05) is 5.92 Å². The van der Waals surface area contributed by atoms with Crippen LogP contribution in [-0.4, -0.2) is 49.1 Å². The minimum atomic E-state index is -0.321. The summed E-state index contributed by atoms with van der Waals surface area (Å²) in [6, 6.07) is -0.321. The normalized spacial score (nSPS) is 26.9. The number of hydrogen-bond donors (Lipinski definition) is 1. The molecule has 0 aromatic carbocycles. The smallest absolute Gasteiger partial charge is 0.245 e. The molecule has 2 atom stereocenters. The molecule has 19 heavy (non-hydrogen) atoms. The minimum Gasteiger partial charge on any atom is -0.368 e. The molecule has 0 aromatic heterocycles. The van der Waals surface area contributed by atoms with Crippen LogP contribution in [0.5, 0.6) is 0 Å². The van der Waals surface area contributed by atoms with Crippen LogP contribution in [0.15, 0.2) is 0 Å². The Labute approximate surface area is 113 Å². The van der Waals surface area contributed by atoms with Crippen LogP contribution in [0.4, 0.5) is 0 Å². The van der Waals surface area contributed by atoms with Crippen molar-refractivity contribution in [1.29, 1.82) is 0 Å². The third-order valence-corrected chi connectivity index (χ3v) is 3.66. The predicted molar refractivity (Wildman–Crippen MR) is 70.1 cm³/mol. The van der Waals surface area contributed by atoms with Crippen LogP contribution in [0.3, 0.4) is 0 Å². The number of hydrogen-bond acceptors (Lipinski definition) is 3. The molecule has 104 valence electrons. The molecule has 2 aliphatic heterocycles. The highest BCUT2D eigenvalue weighted by Gasteiger charge is 2.33. The molecule has 2 aliphatic rings. The van der Waals surface area contributed by atoms with Gasteiger partial charge in [0, 0.05) is 19.5 Å². The fraction of sp³-hybridized carbons (Fsp3) is 0.714. The number of carbonyl (C=O) groups is 2.